The highest BCUT2D eigenvalue weighted by Gasteiger charge is 2.07. The molecule has 104 valence electrons. The van der Waals surface area contributed by atoms with Crippen molar-refractivity contribution in [3.8, 4) is 0 Å². The summed E-state index contributed by atoms with van der Waals surface area (Å²) < 4.78 is 13.2. The average Bonchev–Trinajstić information content (AvgIpc) is 2.38. The van der Waals surface area contributed by atoms with Crippen LogP contribution in [0, 0.1) is 5.82 Å². The third-order valence-electron chi connectivity index (χ3n) is 2.50. The van der Waals surface area contributed by atoms with E-state index in [1.54, 1.807) is 0 Å². The second kappa shape index (κ2) is 5.91. The fraction of sp³-hybridized carbons (Fsp3) is 0.167. The van der Waals surface area contributed by atoms with Gasteiger partial charge in [-0.15, -0.1) is 0 Å². The van der Waals surface area contributed by atoms with Crippen LogP contribution in [0.25, 0.3) is 10.9 Å². The molecule has 0 aliphatic heterocycles. The molecule has 1 aromatic carbocycles. The fourth-order valence-electron chi connectivity index (χ4n) is 1.66. The highest BCUT2D eigenvalue weighted by atomic mass is 19.1. The van der Waals surface area contributed by atoms with Gasteiger partial charge in [-0.05, 0) is 18.2 Å². The molecule has 0 fully saturated rings. The predicted molar refractivity (Wildman–Crippen MR) is 70.3 cm³/mol. The van der Waals surface area contributed by atoms with E-state index in [2.05, 4.69) is 15.3 Å². The van der Waals surface area contributed by atoms with Gasteiger partial charge >= 0.3 is 6.03 Å². The van der Waals surface area contributed by atoms with Gasteiger partial charge in [0.2, 0.25) is 5.91 Å². The van der Waals surface area contributed by atoms with Crippen LogP contribution in [0.3, 0.4) is 0 Å². The van der Waals surface area contributed by atoms with Crippen LogP contribution in [0.15, 0.2) is 24.5 Å². The molecular weight excluding hydrogens is 265 g/mol. The Labute approximate surface area is 113 Å². The smallest absolute Gasteiger partial charge is 0.318 e. The highest BCUT2D eigenvalue weighted by molar-refractivity contribution is 5.94. The van der Waals surface area contributed by atoms with Crippen LogP contribution in [-0.4, -0.2) is 28.5 Å². The number of amides is 3. The molecule has 0 radical (unpaired) electrons. The summed E-state index contributed by atoms with van der Waals surface area (Å²) in [4.78, 5) is 29.7. The first-order valence-corrected chi connectivity index (χ1v) is 5.79. The molecule has 7 nitrogen and oxygen atoms in total. The Morgan fingerprint density at radius 2 is 2.10 bits per heavy atom. The van der Waals surface area contributed by atoms with Crippen molar-refractivity contribution < 1.29 is 14.0 Å². The van der Waals surface area contributed by atoms with E-state index in [1.807, 2.05) is 5.32 Å². The third kappa shape index (κ3) is 3.37. The monoisotopic (exact) mass is 277 g/mol. The molecule has 20 heavy (non-hydrogen) atoms. The maximum atomic E-state index is 13.2. The van der Waals surface area contributed by atoms with Gasteiger partial charge in [0.1, 0.15) is 18.0 Å². The number of hydrogen-bond acceptors (Lipinski definition) is 5. The number of fused-ring (bicyclic) bond motifs is 1. The van der Waals surface area contributed by atoms with Crippen LogP contribution in [0.1, 0.15) is 6.42 Å². The van der Waals surface area contributed by atoms with Crippen molar-refractivity contribution in [1.82, 2.24) is 15.3 Å². The SMILES string of the molecule is NC(=O)NC(=O)CCNc1ncnc2ccc(F)cc12. The number of primary amides is 1. The fourth-order valence-corrected chi connectivity index (χ4v) is 1.66. The maximum Gasteiger partial charge on any atom is 0.318 e. The second-order valence-electron chi connectivity index (χ2n) is 3.97. The number of benzene rings is 1. The van der Waals surface area contributed by atoms with Crippen molar-refractivity contribution in [3.05, 3.63) is 30.3 Å². The lowest BCUT2D eigenvalue weighted by atomic mass is 10.2. The first kappa shape index (κ1) is 13.7. The van der Waals surface area contributed by atoms with Gasteiger partial charge in [0.25, 0.3) is 0 Å². The quantitative estimate of drug-likeness (QED) is 0.764. The summed E-state index contributed by atoms with van der Waals surface area (Å²) in [6.45, 7) is 0.224. The number of nitrogens with zero attached hydrogens (tertiary/aromatic N) is 2. The number of imide groups is 1. The summed E-state index contributed by atoms with van der Waals surface area (Å²) >= 11 is 0. The zero-order valence-electron chi connectivity index (χ0n) is 10.4. The van der Waals surface area contributed by atoms with E-state index >= 15 is 0 Å². The highest BCUT2D eigenvalue weighted by Crippen LogP contribution is 2.19. The molecular formula is C12H12FN5O2. The molecule has 4 N–H and O–H groups in total. The summed E-state index contributed by atoms with van der Waals surface area (Å²) in [7, 11) is 0. The lowest BCUT2D eigenvalue weighted by Gasteiger charge is -2.07. The van der Waals surface area contributed by atoms with E-state index in [1.165, 1.54) is 24.5 Å². The Morgan fingerprint density at radius 1 is 1.30 bits per heavy atom. The number of nitrogens with two attached hydrogens (primary N) is 1. The summed E-state index contributed by atoms with van der Waals surface area (Å²) in [6.07, 6.45) is 1.37. The minimum absolute atomic E-state index is 0.0315. The lowest BCUT2D eigenvalue weighted by molar-refractivity contribution is -0.119. The third-order valence-corrected chi connectivity index (χ3v) is 2.50. The molecule has 3 amide bonds. The van der Waals surface area contributed by atoms with Gasteiger partial charge in [-0.1, -0.05) is 0 Å². The average molecular weight is 277 g/mol. The predicted octanol–water partition coefficient (Wildman–Crippen LogP) is 0.766. The zero-order valence-corrected chi connectivity index (χ0v) is 10.4. The number of carbonyl (C=O) groups is 2. The minimum Gasteiger partial charge on any atom is -0.369 e. The van der Waals surface area contributed by atoms with Gasteiger partial charge in [-0.25, -0.2) is 19.2 Å². The molecule has 0 aliphatic rings. The Hall–Kier alpha value is -2.77. The van der Waals surface area contributed by atoms with Crippen LogP contribution >= 0.6 is 0 Å². The molecule has 0 unspecified atom stereocenters. The van der Waals surface area contributed by atoms with Crippen molar-refractivity contribution in [2.24, 2.45) is 5.73 Å². The van der Waals surface area contributed by atoms with Gasteiger partial charge in [0.05, 0.1) is 5.52 Å². The molecule has 0 bridgehead atoms. The molecule has 0 spiro atoms. The summed E-state index contributed by atoms with van der Waals surface area (Å²) in [5, 5.41) is 5.35. The molecule has 0 aliphatic carbocycles. The van der Waals surface area contributed by atoms with Gasteiger partial charge in [0, 0.05) is 18.4 Å². The first-order chi connectivity index (χ1) is 9.56. The number of carbonyl (C=O) groups excluding carboxylic acids is 2. The van der Waals surface area contributed by atoms with Gasteiger partial charge in [0.15, 0.2) is 0 Å². The molecule has 1 heterocycles. The van der Waals surface area contributed by atoms with Crippen molar-refractivity contribution in [2.75, 3.05) is 11.9 Å². The van der Waals surface area contributed by atoms with E-state index in [4.69, 9.17) is 5.73 Å². The van der Waals surface area contributed by atoms with E-state index in [0.717, 1.165) is 0 Å². The van der Waals surface area contributed by atoms with E-state index in [0.29, 0.717) is 16.7 Å². The summed E-state index contributed by atoms with van der Waals surface area (Å²) in [5.74, 6) is -0.488. The van der Waals surface area contributed by atoms with Crippen LogP contribution in [0.4, 0.5) is 15.0 Å². The molecule has 0 saturated heterocycles. The van der Waals surface area contributed by atoms with E-state index in [-0.39, 0.29) is 13.0 Å². The van der Waals surface area contributed by atoms with Crippen LogP contribution in [-0.2, 0) is 4.79 Å². The molecule has 1 aromatic heterocycles. The largest absolute Gasteiger partial charge is 0.369 e. The number of halogens is 1. The number of nitrogens with one attached hydrogen (secondary N) is 2. The summed E-state index contributed by atoms with van der Waals surface area (Å²) in [6, 6.07) is 3.25. The number of rotatable bonds is 4. The second-order valence-corrected chi connectivity index (χ2v) is 3.97. The molecule has 0 atom stereocenters. The standard InChI is InChI=1S/C12H12FN5O2/c13-7-1-2-9-8(5-7)11(17-6-16-9)15-4-3-10(19)18-12(14)20/h1-2,5-6H,3-4H2,(H,15,16,17)(H3,14,18,19,20). The van der Waals surface area contributed by atoms with Crippen LogP contribution in [0.5, 0.6) is 0 Å². The molecule has 0 saturated carbocycles. The lowest BCUT2D eigenvalue weighted by Crippen LogP contribution is -2.35. The number of aromatic nitrogens is 2. The van der Waals surface area contributed by atoms with E-state index < -0.39 is 17.8 Å². The Bertz CT molecular complexity index is 661. The summed E-state index contributed by atoms with van der Waals surface area (Å²) in [5.41, 5.74) is 5.40. The number of hydrogen-bond donors (Lipinski definition) is 3. The number of urea groups is 1. The van der Waals surface area contributed by atoms with Crippen LogP contribution in [0.2, 0.25) is 0 Å². The Kier molecular flexibility index (Phi) is 4.04. The molecule has 8 heteroatoms. The Balaban J connectivity index is 2.05. The van der Waals surface area contributed by atoms with Crippen LogP contribution < -0.4 is 16.4 Å². The van der Waals surface area contributed by atoms with Crippen molar-refractivity contribution in [1.29, 1.82) is 0 Å². The van der Waals surface area contributed by atoms with Gasteiger partial charge in [-0.3, -0.25) is 10.1 Å². The van der Waals surface area contributed by atoms with E-state index in [9.17, 15) is 14.0 Å². The first-order valence-electron chi connectivity index (χ1n) is 5.79. The maximum absolute atomic E-state index is 13.2. The minimum atomic E-state index is -0.899. The van der Waals surface area contributed by atoms with Crippen molar-refractivity contribution >= 4 is 28.7 Å². The zero-order chi connectivity index (χ0) is 14.5. The topological polar surface area (TPSA) is 110 Å². The Morgan fingerprint density at radius 3 is 2.85 bits per heavy atom. The van der Waals surface area contributed by atoms with Crippen molar-refractivity contribution in [2.45, 2.75) is 6.42 Å². The number of anilines is 1. The van der Waals surface area contributed by atoms with Crippen molar-refractivity contribution in [3.63, 3.8) is 0 Å². The van der Waals surface area contributed by atoms with Gasteiger partial charge < -0.3 is 11.1 Å². The molecule has 2 rings (SSSR count). The molecule has 2 aromatic rings. The normalized spacial score (nSPS) is 10.2. The van der Waals surface area contributed by atoms with Gasteiger partial charge in [-0.2, -0.15) is 0 Å².